The van der Waals surface area contributed by atoms with Crippen molar-refractivity contribution in [1.82, 2.24) is 5.32 Å². The van der Waals surface area contributed by atoms with Gasteiger partial charge in [-0.3, -0.25) is 4.79 Å². The van der Waals surface area contributed by atoms with Gasteiger partial charge in [0.2, 0.25) is 5.91 Å². The van der Waals surface area contributed by atoms with Crippen molar-refractivity contribution in [1.29, 1.82) is 0 Å². The number of hydrogen-bond donors (Lipinski definition) is 3. The van der Waals surface area contributed by atoms with E-state index in [1.54, 1.807) is 0 Å². The molecular formula is C11H21N3O2. The van der Waals surface area contributed by atoms with Gasteiger partial charge in [0.1, 0.15) is 5.41 Å². The summed E-state index contributed by atoms with van der Waals surface area (Å²) in [7, 11) is 0. The summed E-state index contributed by atoms with van der Waals surface area (Å²) in [5.74, 6) is -0.0976. The molecule has 0 bridgehead atoms. The molecule has 0 heterocycles. The van der Waals surface area contributed by atoms with E-state index in [1.807, 2.05) is 20.8 Å². The maximum absolute atomic E-state index is 12.2. The molecule has 0 aromatic rings. The second-order valence-electron chi connectivity index (χ2n) is 5.48. The van der Waals surface area contributed by atoms with Crippen LogP contribution in [0, 0.1) is 5.41 Å². The van der Waals surface area contributed by atoms with Gasteiger partial charge in [0, 0.05) is 5.54 Å². The topological polar surface area (TPSA) is 87.7 Å². The Bertz CT molecular complexity index is 299. The van der Waals surface area contributed by atoms with E-state index in [9.17, 15) is 4.79 Å². The Hall–Kier alpha value is -1.26. The molecule has 1 aliphatic rings. The number of amidine groups is 1. The van der Waals surface area contributed by atoms with Crippen LogP contribution in [-0.2, 0) is 4.79 Å². The number of carbonyl (C=O) groups is 1. The van der Waals surface area contributed by atoms with Gasteiger partial charge in [0.15, 0.2) is 5.84 Å². The number of carbonyl (C=O) groups excluding carboxylic acids is 1. The molecule has 1 amide bonds. The zero-order valence-corrected chi connectivity index (χ0v) is 10.2. The van der Waals surface area contributed by atoms with E-state index >= 15 is 0 Å². The Kier molecular flexibility index (Phi) is 3.45. The summed E-state index contributed by atoms with van der Waals surface area (Å²) in [5, 5.41) is 14.7. The highest BCUT2D eigenvalue weighted by Crippen LogP contribution is 2.38. The van der Waals surface area contributed by atoms with Crippen LogP contribution < -0.4 is 11.1 Å². The summed E-state index contributed by atoms with van der Waals surface area (Å²) in [5.41, 5.74) is 4.57. The molecular weight excluding hydrogens is 206 g/mol. The summed E-state index contributed by atoms with van der Waals surface area (Å²) >= 11 is 0. The lowest BCUT2D eigenvalue weighted by Crippen LogP contribution is -2.53. The van der Waals surface area contributed by atoms with Crippen LogP contribution in [0.1, 0.15) is 46.5 Å². The van der Waals surface area contributed by atoms with E-state index in [0.717, 1.165) is 12.8 Å². The Balaban J connectivity index is 2.91. The summed E-state index contributed by atoms with van der Waals surface area (Å²) in [6, 6.07) is 0. The van der Waals surface area contributed by atoms with Gasteiger partial charge in [-0.1, -0.05) is 18.0 Å². The zero-order chi connectivity index (χ0) is 12.4. The number of nitrogens with one attached hydrogen (secondary N) is 1. The standard InChI is InChI=1S/C11H21N3O2/c1-10(2,3)13-9(15)11(8(12)14-16)6-4-5-7-11/h16H,4-7H2,1-3H3,(H2,12,14)(H,13,15). The predicted octanol–water partition coefficient (Wildman–Crippen LogP) is 1.21. The highest BCUT2D eigenvalue weighted by molar-refractivity contribution is 6.07. The lowest BCUT2D eigenvalue weighted by Gasteiger charge is -2.30. The third-order valence-electron chi connectivity index (χ3n) is 2.98. The minimum atomic E-state index is -0.804. The molecule has 16 heavy (non-hydrogen) atoms. The van der Waals surface area contributed by atoms with E-state index < -0.39 is 5.41 Å². The first-order chi connectivity index (χ1) is 7.32. The normalized spacial score (nSPS) is 20.8. The average molecular weight is 227 g/mol. The van der Waals surface area contributed by atoms with Crippen LogP contribution in [-0.4, -0.2) is 22.5 Å². The zero-order valence-electron chi connectivity index (χ0n) is 10.2. The van der Waals surface area contributed by atoms with Crippen molar-refractivity contribution in [2.24, 2.45) is 16.3 Å². The van der Waals surface area contributed by atoms with Gasteiger partial charge < -0.3 is 16.3 Å². The fourth-order valence-corrected chi connectivity index (χ4v) is 2.13. The molecule has 0 aliphatic heterocycles. The highest BCUT2D eigenvalue weighted by Gasteiger charge is 2.46. The molecule has 0 radical (unpaired) electrons. The number of nitrogens with zero attached hydrogens (tertiary/aromatic N) is 1. The second-order valence-corrected chi connectivity index (χ2v) is 5.48. The van der Waals surface area contributed by atoms with Crippen LogP contribution in [0.2, 0.25) is 0 Å². The van der Waals surface area contributed by atoms with Crippen molar-refractivity contribution in [3.05, 3.63) is 0 Å². The van der Waals surface area contributed by atoms with Gasteiger partial charge in [0.05, 0.1) is 0 Å². The van der Waals surface area contributed by atoms with E-state index in [2.05, 4.69) is 10.5 Å². The minimum absolute atomic E-state index is 0.0340. The SMILES string of the molecule is CC(C)(C)NC(=O)C1(C(N)=NO)CCCC1. The molecule has 0 aromatic carbocycles. The lowest BCUT2D eigenvalue weighted by atomic mass is 9.83. The third-order valence-corrected chi connectivity index (χ3v) is 2.98. The second kappa shape index (κ2) is 4.31. The van der Waals surface area contributed by atoms with Crippen molar-refractivity contribution in [2.45, 2.75) is 52.0 Å². The average Bonchev–Trinajstić information content (AvgIpc) is 2.63. The molecule has 0 unspecified atom stereocenters. The molecule has 1 saturated carbocycles. The first kappa shape index (κ1) is 12.8. The van der Waals surface area contributed by atoms with E-state index in [-0.39, 0.29) is 17.3 Å². The third kappa shape index (κ3) is 2.46. The lowest BCUT2D eigenvalue weighted by molar-refractivity contribution is -0.128. The molecule has 0 aromatic heterocycles. The number of rotatable bonds is 2. The van der Waals surface area contributed by atoms with Crippen molar-refractivity contribution < 1.29 is 10.0 Å². The molecule has 1 rings (SSSR count). The van der Waals surface area contributed by atoms with Crippen LogP contribution in [0.5, 0.6) is 0 Å². The predicted molar refractivity (Wildman–Crippen MR) is 62.2 cm³/mol. The Morgan fingerprint density at radius 3 is 2.25 bits per heavy atom. The molecule has 5 heteroatoms. The van der Waals surface area contributed by atoms with Gasteiger partial charge >= 0.3 is 0 Å². The van der Waals surface area contributed by atoms with Gasteiger partial charge in [-0.15, -0.1) is 0 Å². The maximum atomic E-state index is 12.2. The molecule has 0 saturated heterocycles. The Morgan fingerprint density at radius 2 is 1.88 bits per heavy atom. The summed E-state index contributed by atoms with van der Waals surface area (Å²) in [4.78, 5) is 12.2. The van der Waals surface area contributed by atoms with Crippen molar-refractivity contribution in [2.75, 3.05) is 0 Å². The van der Waals surface area contributed by atoms with E-state index in [1.165, 1.54) is 0 Å². The monoisotopic (exact) mass is 227 g/mol. The van der Waals surface area contributed by atoms with Crippen molar-refractivity contribution in [3.63, 3.8) is 0 Å². The van der Waals surface area contributed by atoms with Crippen LogP contribution >= 0.6 is 0 Å². The minimum Gasteiger partial charge on any atom is -0.409 e. The Morgan fingerprint density at radius 1 is 1.38 bits per heavy atom. The fraction of sp³-hybridized carbons (Fsp3) is 0.818. The Labute approximate surface area is 96.1 Å². The van der Waals surface area contributed by atoms with Crippen LogP contribution in [0.4, 0.5) is 0 Å². The van der Waals surface area contributed by atoms with Gasteiger partial charge in [-0.2, -0.15) is 0 Å². The van der Waals surface area contributed by atoms with Gasteiger partial charge in [0.25, 0.3) is 0 Å². The molecule has 0 spiro atoms. The fourth-order valence-electron chi connectivity index (χ4n) is 2.13. The molecule has 0 atom stereocenters. The maximum Gasteiger partial charge on any atom is 0.234 e. The number of oxime groups is 1. The van der Waals surface area contributed by atoms with Gasteiger partial charge in [-0.05, 0) is 33.6 Å². The molecule has 1 aliphatic carbocycles. The molecule has 5 nitrogen and oxygen atoms in total. The summed E-state index contributed by atoms with van der Waals surface area (Å²) < 4.78 is 0. The molecule has 92 valence electrons. The smallest absolute Gasteiger partial charge is 0.234 e. The number of hydrogen-bond acceptors (Lipinski definition) is 3. The first-order valence-electron chi connectivity index (χ1n) is 5.62. The summed E-state index contributed by atoms with van der Waals surface area (Å²) in [6.07, 6.45) is 3.19. The van der Waals surface area contributed by atoms with Crippen molar-refractivity contribution >= 4 is 11.7 Å². The first-order valence-corrected chi connectivity index (χ1v) is 5.62. The largest absolute Gasteiger partial charge is 0.409 e. The van der Waals surface area contributed by atoms with Crippen LogP contribution in [0.15, 0.2) is 5.16 Å². The van der Waals surface area contributed by atoms with E-state index in [0.29, 0.717) is 12.8 Å². The van der Waals surface area contributed by atoms with Crippen molar-refractivity contribution in [3.8, 4) is 0 Å². The molecule has 4 N–H and O–H groups in total. The summed E-state index contributed by atoms with van der Waals surface area (Å²) in [6.45, 7) is 5.75. The van der Waals surface area contributed by atoms with Crippen LogP contribution in [0.25, 0.3) is 0 Å². The molecule has 1 fully saturated rings. The highest BCUT2D eigenvalue weighted by atomic mass is 16.4. The quantitative estimate of drug-likeness (QED) is 0.287. The number of nitrogens with two attached hydrogens (primary N) is 1. The number of amides is 1. The van der Waals surface area contributed by atoms with E-state index in [4.69, 9.17) is 10.9 Å². The van der Waals surface area contributed by atoms with Gasteiger partial charge in [-0.25, -0.2) is 0 Å². The van der Waals surface area contributed by atoms with Crippen LogP contribution in [0.3, 0.4) is 0 Å².